The topological polar surface area (TPSA) is 99.7 Å². The Balaban J connectivity index is 1.30. The van der Waals surface area contributed by atoms with Crippen molar-refractivity contribution < 1.29 is 4.79 Å². The molecule has 1 atom stereocenters. The van der Waals surface area contributed by atoms with E-state index in [4.69, 9.17) is 4.98 Å². The van der Waals surface area contributed by atoms with Crippen molar-refractivity contribution in [2.24, 2.45) is 5.92 Å². The minimum absolute atomic E-state index is 0.109. The van der Waals surface area contributed by atoms with Crippen LogP contribution >= 0.6 is 0 Å². The van der Waals surface area contributed by atoms with E-state index < -0.39 is 0 Å². The standard InChI is InChI=1S/C28H27N7O/c29-13-11-24-17-31-26(22-10-7-19-4-1-2-5-21(19)16-22)35(24)25-12-14-30-28(33-25)32-23-6-3-15-34(18-23)27(36)20-8-9-20/h1-2,4-5,7,10,12,14,16-17,20,23H,3,6,8-9,11,15,18H2,(H,30,32,33). The highest BCUT2D eigenvalue weighted by molar-refractivity contribution is 5.86. The van der Waals surface area contributed by atoms with Gasteiger partial charge in [0.1, 0.15) is 11.6 Å². The van der Waals surface area contributed by atoms with Gasteiger partial charge in [-0.05, 0) is 48.6 Å². The van der Waals surface area contributed by atoms with Crippen molar-refractivity contribution in [2.45, 2.75) is 38.1 Å². The van der Waals surface area contributed by atoms with Crippen molar-refractivity contribution in [1.82, 2.24) is 24.4 Å². The SMILES string of the molecule is N#CCc1cnc(-c2ccc3ccccc3c2)n1-c1ccnc(NC2CCCN(C(=O)C3CC3)C2)n1. The summed E-state index contributed by atoms with van der Waals surface area (Å²) in [5, 5.41) is 15.2. The molecule has 8 heteroatoms. The number of amides is 1. The van der Waals surface area contributed by atoms with Crippen molar-refractivity contribution in [3.05, 3.63) is 66.6 Å². The van der Waals surface area contributed by atoms with Crippen molar-refractivity contribution >= 4 is 22.6 Å². The first-order valence-corrected chi connectivity index (χ1v) is 12.5. The third kappa shape index (κ3) is 4.40. The molecule has 0 radical (unpaired) electrons. The molecule has 1 aliphatic heterocycles. The average Bonchev–Trinajstić information content (AvgIpc) is 3.68. The number of carbonyl (C=O) groups is 1. The van der Waals surface area contributed by atoms with Gasteiger partial charge in [0.15, 0.2) is 0 Å². The lowest BCUT2D eigenvalue weighted by atomic mass is 10.1. The summed E-state index contributed by atoms with van der Waals surface area (Å²) in [6.07, 6.45) is 7.66. The number of fused-ring (bicyclic) bond motifs is 1. The number of hydrogen-bond donors (Lipinski definition) is 1. The molecule has 6 rings (SSSR count). The van der Waals surface area contributed by atoms with Crippen LogP contribution in [0.4, 0.5) is 5.95 Å². The fourth-order valence-corrected chi connectivity index (χ4v) is 4.99. The monoisotopic (exact) mass is 477 g/mol. The van der Waals surface area contributed by atoms with Crippen LogP contribution in [0.1, 0.15) is 31.4 Å². The van der Waals surface area contributed by atoms with Crippen LogP contribution in [0.25, 0.3) is 28.0 Å². The Morgan fingerprint density at radius 1 is 1.08 bits per heavy atom. The molecule has 8 nitrogen and oxygen atoms in total. The first-order valence-electron chi connectivity index (χ1n) is 12.5. The van der Waals surface area contributed by atoms with E-state index in [1.807, 2.05) is 33.7 Å². The summed E-state index contributed by atoms with van der Waals surface area (Å²) in [7, 11) is 0. The molecule has 0 bridgehead atoms. The van der Waals surface area contributed by atoms with Gasteiger partial charge < -0.3 is 10.2 Å². The number of nitriles is 1. The number of piperidine rings is 1. The Morgan fingerprint density at radius 3 is 2.78 bits per heavy atom. The van der Waals surface area contributed by atoms with Crippen molar-refractivity contribution in [2.75, 3.05) is 18.4 Å². The summed E-state index contributed by atoms with van der Waals surface area (Å²) in [6, 6.07) is 18.6. The van der Waals surface area contributed by atoms with Gasteiger partial charge in [-0.1, -0.05) is 36.4 Å². The van der Waals surface area contributed by atoms with Gasteiger partial charge in [-0.15, -0.1) is 0 Å². The summed E-state index contributed by atoms with van der Waals surface area (Å²) in [5.41, 5.74) is 1.72. The summed E-state index contributed by atoms with van der Waals surface area (Å²) in [4.78, 5) is 28.5. The fraction of sp³-hybridized carbons (Fsp3) is 0.321. The van der Waals surface area contributed by atoms with Gasteiger partial charge in [-0.3, -0.25) is 9.36 Å². The molecule has 2 aliphatic rings. The summed E-state index contributed by atoms with van der Waals surface area (Å²) in [6.45, 7) is 1.51. The zero-order chi connectivity index (χ0) is 24.5. The highest BCUT2D eigenvalue weighted by atomic mass is 16.2. The van der Waals surface area contributed by atoms with Crippen LogP contribution in [0.5, 0.6) is 0 Å². The minimum Gasteiger partial charge on any atom is -0.350 e. The van der Waals surface area contributed by atoms with E-state index in [2.05, 4.69) is 45.6 Å². The van der Waals surface area contributed by atoms with Crippen LogP contribution in [0.15, 0.2) is 60.9 Å². The van der Waals surface area contributed by atoms with E-state index >= 15 is 0 Å². The largest absolute Gasteiger partial charge is 0.350 e. The molecule has 1 amide bonds. The number of carbonyl (C=O) groups excluding carboxylic acids is 1. The Labute approximate surface area is 209 Å². The molecule has 3 heterocycles. The van der Waals surface area contributed by atoms with Crippen LogP contribution in [-0.4, -0.2) is 49.5 Å². The van der Waals surface area contributed by atoms with E-state index in [0.717, 1.165) is 60.1 Å². The molecule has 1 N–H and O–H groups in total. The van der Waals surface area contributed by atoms with Gasteiger partial charge in [0.05, 0.1) is 24.4 Å². The summed E-state index contributed by atoms with van der Waals surface area (Å²) in [5.74, 6) is 2.42. The Bertz CT molecular complexity index is 1470. The van der Waals surface area contributed by atoms with Gasteiger partial charge in [0.2, 0.25) is 11.9 Å². The number of nitrogens with one attached hydrogen (secondary N) is 1. The highest BCUT2D eigenvalue weighted by Crippen LogP contribution is 2.32. The Hall–Kier alpha value is -4.25. The van der Waals surface area contributed by atoms with Crippen molar-refractivity contribution in [3.8, 4) is 23.3 Å². The number of nitrogens with zero attached hydrogens (tertiary/aromatic N) is 6. The molecule has 1 saturated heterocycles. The van der Waals surface area contributed by atoms with Gasteiger partial charge in [0.25, 0.3) is 0 Å². The molecule has 1 unspecified atom stereocenters. The lowest BCUT2D eigenvalue weighted by molar-refractivity contribution is -0.133. The second-order valence-electron chi connectivity index (χ2n) is 9.59. The number of aromatic nitrogens is 4. The van der Waals surface area contributed by atoms with E-state index in [-0.39, 0.29) is 24.3 Å². The lowest BCUT2D eigenvalue weighted by Crippen LogP contribution is -2.45. The quantitative estimate of drug-likeness (QED) is 0.443. The summed E-state index contributed by atoms with van der Waals surface area (Å²) < 4.78 is 1.93. The first kappa shape index (κ1) is 22.2. The van der Waals surface area contributed by atoms with Gasteiger partial charge in [0, 0.05) is 36.8 Å². The molecule has 2 aromatic carbocycles. The first-order chi connectivity index (χ1) is 17.7. The van der Waals surface area contributed by atoms with Crippen molar-refractivity contribution in [3.63, 3.8) is 0 Å². The van der Waals surface area contributed by atoms with Gasteiger partial charge >= 0.3 is 0 Å². The Morgan fingerprint density at radius 2 is 1.94 bits per heavy atom. The second-order valence-corrected chi connectivity index (χ2v) is 9.59. The van der Waals surface area contributed by atoms with Crippen molar-refractivity contribution in [1.29, 1.82) is 5.26 Å². The fourth-order valence-electron chi connectivity index (χ4n) is 4.99. The van der Waals surface area contributed by atoms with Crippen LogP contribution in [0, 0.1) is 17.2 Å². The van der Waals surface area contributed by atoms with Crippen LogP contribution in [0.2, 0.25) is 0 Å². The third-order valence-corrected chi connectivity index (χ3v) is 6.97. The molecule has 36 heavy (non-hydrogen) atoms. The molecule has 2 fully saturated rings. The average molecular weight is 478 g/mol. The predicted molar refractivity (Wildman–Crippen MR) is 137 cm³/mol. The molecule has 2 aromatic heterocycles. The van der Waals surface area contributed by atoms with E-state index in [9.17, 15) is 10.1 Å². The van der Waals surface area contributed by atoms with Crippen LogP contribution in [-0.2, 0) is 11.2 Å². The number of benzene rings is 2. The second kappa shape index (κ2) is 9.42. The molecular formula is C28H27N7O. The number of hydrogen-bond acceptors (Lipinski definition) is 6. The van der Waals surface area contributed by atoms with Gasteiger partial charge in [-0.25, -0.2) is 9.97 Å². The number of imidazole rings is 1. The maximum Gasteiger partial charge on any atom is 0.225 e. The van der Waals surface area contributed by atoms with Crippen LogP contribution in [0.3, 0.4) is 0 Å². The zero-order valence-electron chi connectivity index (χ0n) is 20.0. The van der Waals surface area contributed by atoms with Crippen LogP contribution < -0.4 is 5.32 Å². The number of anilines is 1. The normalized spacial score (nSPS) is 17.6. The minimum atomic E-state index is 0.109. The maximum absolute atomic E-state index is 12.6. The Kier molecular flexibility index (Phi) is 5.82. The molecule has 0 spiro atoms. The number of likely N-dealkylation sites (tertiary alicyclic amines) is 1. The third-order valence-electron chi connectivity index (χ3n) is 6.97. The van der Waals surface area contributed by atoms with E-state index in [0.29, 0.717) is 18.3 Å². The molecule has 1 saturated carbocycles. The lowest BCUT2D eigenvalue weighted by Gasteiger charge is -2.33. The molecule has 4 aromatic rings. The molecular weight excluding hydrogens is 450 g/mol. The predicted octanol–water partition coefficient (Wildman–Crippen LogP) is 4.36. The highest BCUT2D eigenvalue weighted by Gasteiger charge is 2.35. The number of rotatable bonds is 6. The summed E-state index contributed by atoms with van der Waals surface area (Å²) >= 11 is 0. The van der Waals surface area contributed by atoms with E-state index in [1.54, 1.807) is 12.4 Å². The molecule has 180 valence electrons. The zero-order valence-corrected chi connectivity index (χ0v) is 20.0. The molecule has 1 aliphatic carbocycles. The maximum atomic E-state index is 12.6. The van der Waals surface area contributed by atoms with E-state index in [1.165, 1.54) is 0 Å². The van der Waals surface area contributed by atoms with Gasteiger partial charge in [-0.2, -0.15) is 10.2 Å². The smallest absolute Gasteiger partial charge is 0.225 e.